The Balaban J connectivity index is 1.23. The Morgan fingerprint density at radius 3 is 2.48 bits per heavy atom. The van der Waals surface area contributed by atoms with E-state index in [-0.39, 0.29) is 5.91 Å². The van der Waals surface area contributed by atoms with Gasteiger partial charge in [0.15, 0.2) is 0 Å². The first-order valence-corrected chi connectivity index (χ1v) is 11.0. The molecule has 156 valence electrons. The van der Waals surface area contributed by atoms with Gasteiger partial charge in [0.05, 0.1) is 12.1 Å². The number of carbonyl (C=O) groups excluding carboxylic acids is 1. The molecule has 4 aromatic rings. The van der Waals surface area contributed by atoms with Gasteiger partial charge >= 0.3 is 0 Å². The largest absolute Gasteiger partial charge is 0.419 e. The Morgan fingerprint density at radius 2 is 1.65 bits per heavy atom. The van der Waals surface area contributed by atoms with Crippen LogP contribution in [0.4, 0.5) is 0 Å². The van der Waals surface area contributed by atoms with Crippen molar-refractivity contribution in [3.05, 3.63) is 82.7 Å². The molecule has 1 fully saturated rings. The minimum absolute atomic E-state index is 0.0884. The maximum Gasteiger partial charge on any atom is 0.254 e. The number of amides is 1. The predicted molar refractivity (Wildman–Crippen MR) is 123 cm³/mol. The molecule has 1 aromatic heterocycles. The second-order valence-corrected chi connectivity index (χ2v) is 8.43. The van der Waals surface area contributed by atoms with Crippen molar-refractivity contribution in [2.24, 2.45) is 0 Å². The summed E-state index contributed by atoms with van der Waals surface area (Å²) >= 11 is 3.52. The Labute approximate surface area is 188 Å². The summed E-state index contributed by atoms with van der Waals surface area (Å²) in [7, 11) is 0. The highest BCUT2D eigenvalue weighted by atomic mass is 79.9. The second kappa shape index (κ2) is 8.61. The van der Waals surface area contributed by atoms with Crippen molar-refractivity contribution in [1.29, 1.82) is 0 Å². The average Bonchev–Trinajstić information content (AvgIpc) is 3.27. The molecule has 1 amide bonds. The van der Waals surface area contributed by atoms with Crippen LogP contribution >= 0.6 is 15.9 Å². The molecule has 0 radical (unpaired) electrons. The molecule has 1 aliphatic rings. The fraction of sp³-hybridized carbons (Fsp3) is 0.208. The number of fused-ring (bicyclic) bond motifs is 1. The topological polar surface area (TPSA) is 62.5 Å². The van der Waals surface area contributed by atoms with Gasteiger partial charge in [0.1, 0.15) is 0 Å². The summed E-state index contributed by atoms with van der Waals surface area (Å²) in [5.41, 5.74) is 1.65. The third kappa shape index (κ3) is 4.11. The van der Waals surface area contributed by atoms with E-state index < -0.39 is 0 Å². The number of rotatable bonds is 4. The molecule has 7 heteroatoms. The van der Waals surface area contributed by atoms with Gasteiger partial charge in [0.25, 0.3) is 5.91 Å². The zero-order chi connectivity index (χ0) is 21.2. The highest BCUT2D eigenvalue weighted by molar-refractivity contribution is 9.10. The van der Waals surface area contributed by atoms with Gasteiger partial charge in [-0.05, 0) is 44.9 Å². The van der Waals surface area contributed by atoms with Gasteiger partial charge in [-0.3, -0.25) is 9.69 Å². The van der Waals surface area contributed by atoms with E-state index in [0.29, 0.717) is 31.4 Å². The maximum absolute atomic E-state index is 13.1. The van der Waals surface area contributed by atoms with Crippen LogP contribution in [0.5, 0.6) is 0 Å². The summed E-state index contributed by atoms with van der Waals surface area (Å²) in [6, 6.07) is 21.7. The number of hydrogen-bond acceptors (Lipinski definition) is 5. The summed E-state index contributed by atoms with van der Waals surface area (Å²) in [6.45, 7) is 3.46. The smallest absolute Gasteiger partial charge is 0.254 e. The van der Waals surface area contributed by atoms with Gasteiger partial charge in [-0.1, -0.05) is 48.5 Å². The molecule has 6 nitrogen and oxygen atoms in total. The van der Waals surface area contributed by atoms with Gasteiger partial charge < -0.3 is 9.32 Å². The van der Waals surface area contributed by atoms with E-state index in [1.54, 1.807) is 0 Å². The van der Waals surface area contributed by atoms with Crippen molar-refractivity contribution >= 4 is 32.6 Å². The molecule has 1 aliphatic heterocycles. The number of piperazine rings is 1. The first-order chi connectivity index (χ1) is 15.2. The van der Waals surface area contributed by atoms with E-state index in [9.17, 15) is 4.79 Å². The lowest BCUT2D eigenvalue weighted by atomic mass is 10.0. The molecular weight excluding hydrogens is 456 g/mol. The summed E-state index contributed by atoms with van der Waals surface area (Å²) < 4.78 is 6.79. The zero-order valence-electron chi connectivity index (χ0n) is 16.9. The number of hydrogen-bond donors (Lipinski definition) is 0. The van der Waals surface area contributed by atoms with Crippen LogP contribution in [0.25, 0.3) is 22.2 Å². The van der Waals surface area contributed by atoms with E-state index in [1.807, 2.05) is 71.6 Å². The van der Waals surface area contributed by atoms with Crippen molar-refractivity contribution in [1.82, 2.24) is 20.0 Å². The van der Waals surface area contributed by atoms with Crippen LogP contribution in [0.15, 0.2) is 75.6 Å². The first kappa shape index (κ1) is 19.9. The Morgan fingerprint density at radius 1 is 0.903 bits per heavy atom. The van der Waals surface area contributed by atoms with E-state index in [1.165, 1.54) is 0 Å². The molecule has 31 heavy (non-hydrogen) atoms. The average molecular weight is 477 g/mol. The van der Waals surface area contributed by atoms with Crippen molar-refractivity contribution < 1.29 is 9.21 Å². The molecule has 0 aliphatic carbocycles. The van der Waals surface area contributed by atoms with Gasteiger partial charge in [-0.25, -0.2) is 0 Å². The fourth-order valence-corrected chi connectivity index (χ4v) is 4.40. The van der Waals surface area contributed by atoms with Crippen molar-refractivity contribution in [2.75, 3.05) is 26.2 Å². The SMILES string of the molecule is O=C(c1cccc2ccccc12)N1CCN(Cc2nnc(-c3ccccc3Br)o2)CC1. The number of carbonyl (C=O) groups is 1. The van der Waals surface area contributed by atoms with Crippen LogP contribution in [-0.4, -0.2) is 52.1 Å². The van der Waals surface area contributed by atoms with Crippen molar-refractivity contribution in [3.63, 3.8) is 0 Å². The van der Waals surface area contributed by atoms with Crippen LogP contribution < -0.4 is 0 Å². The maximum atomic E-state index is 13.1. The van der Waals surface area contributed by atoms with Crippen LogP contribution in [0, 0.1) is 0 Å². The Bertz CT molecular complexity index is 1230. The molecule has 0 spiro atoms. The minimum atomic E-state index is 0.0884. The molecule has 5 rings (SSSR count). The number of nitrogens with zero attached hydrogens (tertiary/aromatic N) is 4. The summed E-state index contributed by atoms with van der Waals surface area (Å²) in [6.07, 6.45) is 0. The van der Waals surface area contributed by atoms with Crippen LogP contribution in [0.3, 0.4) is 0 Å². The molecule has 1 saturated heterocycles. The molecule has 0 saturated carbocycles. The summed E-state index contributed by atoms with van der Waals surface area (Å²) in [5, 5.41) is 10.5. The van der Waals surface area contributed by atoms with Gasteiger partial charge in [0, 0.05) is 36.2 Å². The summed E-state index contributed by atoms with van der Waals surface area (Å²) in [5.74, 6) is 1.18. The molecule has 3 aromatic carbocycles. The van der Waals surface area contributed by atoms with E-state index in [4.69, 9.17) is 4.42 Å². The Kier molecular flexibility index (Phi) is 5.53. The molecule has 2 heterocycles. The third-order valence-electron chi connectivity index (χ3n) is 5.61. The second-order valence-electron chi connectivity index (χ2n) is 7.58. The van der Waals surface area contributed by atoms with Gasteiger partial charge in [0.2, 0.25) is 11.8 Å². The zero-order valence-corrected chi connectivity index (χ0v) is 18.5. The minimum Gasteiger partial charge on any atom is -0.419 e. The third-order valence-corrected chi connectivity index (χ3v) is 6.30. The molecule has 0 bridgehead atoms. The normalized spacial score (nSPS) is 14.8. The first-order valence-electron chi connectivity index (χ1n) is 10.3. The lowest BCUT2D eigenvalue weighted by molar-refractivity contribution is 0.0620. The number of benzene rings is 3. The molecule has 0 atom stereocenters. The lowest BCUT2D eigenvalue weighted by Crippen LogP contribution is -2.48. The van der Waals surface area contributed by atoms with Gasteiger partial charge in [-0.15, -0.1) is 10.2 Å². The van der Waals surface area contributed by atoms with Crippen LogP contribution in [0.2, 0.25) is 0 Å². The molecule has 0 N–H and O–H groups in total. The van der Waals surface area contributed by atoms with E-state index in [2.05, 4.69) is 31.0 Å². The highest BCUT2D eigenvalue weighted by Crippen LogP contribution is 2.27. The molecular formula is C24H21BrN4O2. The lowest BCUT2D eigenvalue weighted by Gasteiger charge is -2.34. The monoisotopic (exact) mass is 476 g/mol. The highest BCUT2D eigenvalue weighted by Gasteiger charge is 2.24. The Hall–Kier alpha value is -3.03. The van der Waals surface area contributed by atoms with Crippen molar-refractivity contribution in [2.45, 2.75) is 6.54 Å². The van der Waals surface area contributed by atoms with E-state index in [0.717, 1.165) is 39.5 Å². The summed E-state index contributed by atoms with van der Waals surface area (Å²) in [4.78, 5) is 17.3. The van der Waals surface area contributed by atoms with Crippen LogP contribution in [0.1, 0.15) is 16.2 Å². The van der Waals surface area contributed by atoms with Crippen molar-refractivity contribution in [3.8, 4) is 11.5 Å². The van der Waals surface area contributed by atoms with Crippen LogP contribution in [-0.2, 0) is 6.54 Å². The molecule has 0 unspecified atom stereocenters. The fourth-order valence-electron chi connectivity index (χ4n) is 3.94. The number of aromatic nitrogens is 2. The number of halogens is 1. The predicted octanol–water partition coefficient (Wildman–Crippen LogP) is 4.61. The van der Waals surface area contributed by atoms with E-state index >= 15 is 0 Å². The standard InChI is InChI=1S/C24H21BrN4O2/c25-21-11-4-3-9-20(21)23-27-26-22(31-23)16-28-12-14-29(15-13-28)24(30)19-10-5-7-17-6-1-2-8-18(17)19/h1-11H,12-16H2. The quantitative estimate of drug-likeness (QED) is 0.430. The van der Waals surface area contributed by atoms with Gasteiger partial charge in [-0.2, -0.15) is 0 Å².